The second kappa shape index (κ2) is 11.2. The van der Waals surface area contributed by atoms with E-state index >= 15 is 0 Å². The van der Waals surface area contributed by atoms with E-state index in [1.165, 1.54) is 16.0 Å². The van der Waals surface area contributed by atoms with Gasteiger partial charge < -0.3 is 4.98 Å². The smallest absolute Gasteiger partial charge is 0.252 e. The quantitative estimate of drug-likeness (QED) is 0.264. The number of fused-ring (bicyclic) bond motifs is 1. The summed E-state index contributed by atoms with van der Waals surface area (Å²) < 4.78 is 1.92. The van der Waals surface area contributed by atoms with Crippen molar-refractivity contribution in [3.63, 3.8) is 0 Å². The molecule has 1 N–H and O–H groups in total. The summed E-state index contributed by atoms with van der Waals surface area (Å²) in [7, 11) is 0. The highest BCUT2D eigenvalue weighted by molar-refractivity contribution is 7.09. The molecule has 0 bridgehead atoms. The molecule has 8 heteroatoms. The number of nitrogens with one attached hydrogen (secondary N) is 1. The van der Waals surface area contributed by atoms with Crippen LogP contribution in [0.5, 0.6) is 0 Å². The lowest BCUT2D eigenvalue weighted by molar-refractivity contribution is 0.162. The third-order valence-corrected chi connectivity index (χ3v) is 7.94. The molecule has 5 aromatic rings. The third-order valence-electron chi connectivity index (χ3n) is 7.08. The molecule has 0 aliphatic heterocycles. The summed E-state index contributed by atoms with van der Waals surface area (Å²) in [5.41, 5.74) is 5.14. The van der Waals surface area contributed by atoms with Crippen molar-refractivity contribution < 1.29 is 0 Å². The number of aromatic nitrogens is 5. The molecule has 5 rings (SSSR count). The van der Waals surface area contributed by atoms with Gasteiger partial charge in [-0.05, 0) is 76.7 Å². The van der Waals surface area contributed by atoms with E-state index in [1.54, 1.807) is 11.3 Å². The predicted molar refractivity (Wildman–Crippen MR) is 149 cm³/mol. The van der Waals surface area contributed by atoms with Crippen LogP contribution in [0.2, 0.25) is 0 Å². The molecule has 0 aliphatic rings. The minimum absolute atomic E-state index is 0.0391. The van der Waals surface area contributed by atoms with Crippen LogP contribution < -0.4 is 5.56 Å². The number of benzene rings is 2. The normalized spacial score (nSPS) is 12.4. The molecule has 0 radical (unpaired) electrons. The molecule has 0 fully saturated rings. The van der Waals surface area contributed by atoms with Crippen LogP contribution in [-0.2, 0) is 26.1 Å². The maximum Gasteiger partial charge on any atom is 0.252 e. The van der Waals surface area contributed by atoms with Crippen molar-refractivity contribution in [2.75, 3.05) is 0 Å². The zero-order chi connectivity index (χ0) is 25.8. The van der Waals surface area contributed by atoms with Gasteiger partial charge in [0.25, 0.3) is 5.56 Å². The average Bonchev–Trinajstić information content (AvgIpc) is 3.59. The number of H-pyrrole nitrogens is 1. The van der Waals surface area contributed by atoms with Crippen molar-refractivity contribution in [2.24, 2.45) is 0 Å². The van der Waals surface area contributed by atoms with Crippen LogP contribution in [0.4, 0.5) is 0 Å². The van der Waals surface area contributed by atoms with Crippen LogP contribution in [0.15, 0.2) is 70.8 Å². The topological polar surface area (TPSA) is 79.7 Å². The van der Waals surface area contributed by atoms with Crippen LogP contribution in [-0.4, -0.2) is 30.1 Å². The Morgan fingerprint density at radius 2 is 1.89 bits per heavy atom. The Bertz CT molecular complexity index is 1520. The molecule has 190 valence electrons. The van der Waals surface area contributed by atoms with E-state index in [2.05, 4.69) is 100 Å². The van der Waals surface area contributed by atoms with Gasteiger partial charge in [-0.2, -0.15) is 0 Å². The standard InChI is InChI=1S/C29H32N6OS/c1-4-26(28-31-32-33-35(28)15-14-22-9-6-5-7-10-22)34(19-25-11-8-16-37-25)18-24-17-23-13-12-20(2)21(3)27(23)30-29(24)36/h5-13,16-17,26H,4,14-15,18-19H2,1-3H3,(H,30,36). The number of nitrogens with zero attached hydrogens (tertiary/aromatic N) is 5. The highest BCUT2D eigenvalue weighted by atomic mass is 32.1. The fraction of sp³-hybridized carbons (Fsp3) is 0.310. The lowest BCUT2D eigenvalue weighted by Gasteiger charge is -2.30. The van der Waals surface area contributed by atoms with E-state index < -0.39 is 0 Å². The van der Waals surface area contributed by atoms with E-state index in [-0.39, 0.29) is 11.6 Å². The first-order chi connectivity index (χ1) is 18.0. The number of hydrogen-bond donors (Lipinski definition) is 1. The molecule has 7 nitrogen and oxygen atoms in total. The van der Waals surface area contributed by atoms with Gasteiger partial charge in [0.05, 0.1) is 11.6 Å². The van der Waals surface area contributed by atoms with Gasteiger partial charge in [0.1, 0.15) is 0 Å². The molecule has 1 unspecified atom stereocenters. The van der Waals surface area contributed by atoms with Crippen molar-refractivity contribution in [3.8, 4) is 0 Å². The maximum absolute atomic E-state index is 13.2. The molecular formula is C29H32N6OS. The molecule has 0 saturated heterocycles. The van der Waals surface area contributed by atoms with Crippen molar-refractivity contribution in [1.82, 2.24) is 30.1 Å². The molecule has 0 saturated carbocycles. The van der Waals surface area contributed by atoms with Gasteiger partial charge in [-0.15, -0.1) is 16.4 Å². The van der Waals surface area contributed by atoms with Gasteiger partial charge in [-0.3, -0.25) is 9.69 Å². The second-order valence-electron chi connectivity index (χ2n) is 9.50. The Morgan fingerprint density at radius 1 is 1.05 bits per heavy atom. The fourth-order valence-corrected chi connectivity index (χ4v) is 5.61. The largest absolute Gasteiger partial charge is 0.321 e. The summed E-state index contributed by atoms with van der Waals surface area (Å²) in [6, 6.07) is 20.8. The van der Waals surface area contributed by atoms with E-state index in [9.17, 15) is 4.79 Å². The first-order valence-electron chi connectivity index (χ1n) is 12.7. The van der Waals surface area contributed by atoms with Crippen LogP contribution in [0.25, 0.3) is 10.9 Å². The van der Waals surface area contributed by atoms with Crippen LogP contribution >= 0.6 is 11.3 Å². The van der Waals surface area contributed by atoms with Crippen molar-refractivity contribution in [3.05, 3.63) is 109 Å². The molecule has 0 spiro atoms. The zero-order valence-corrected chi connectivity index (χ0v) is 22.3. The first-order valence-corrected chi connectivity index (χ1v) is 13.6. The maximum atomic E-state index is 13.2. The molecule has 2 aromatic carbocycles. The predicted octanol–water partition coefficient (Wildman–Crippen LogP) is 5.59. The van der Waals surface area contributed by atoms with Gasteiger partial charge in [-0.25, -0.2) is 4.68 Å². The van der Waals surface area contributed by atoms with Crippen LogP contribution in [0, 0.1) is 13.8 Å². The molecule has 0 aliphatic carbocycles. The second-order valence-corrected chi connectivity index (χ2v) is 10.5. The van der Waals surface area contributed by atoms with Crippen molar-refractivity contribution in [1.29, 1.82) is 0 Å². The number of thiophene rings is 1. The van der Waals surface area contributed by atoms with Crippen LogP contribution in [0.3, 0.4) is 0 Å². The molecule has 3 heterocycles. The summed E-state index contributed by atoms with van der Waals surface area (Å²) >= 11 is 1.72. The van der Waals surface area contributed by atoms with Gasteiger partial charge >= 0.3 is 0 Å². The molecule has 3 aromatic heterocycles. The Labute approximate surface area is 220 Å². The number of aromatic amines is 1. The molecule has 1 atom stereocenters. The highest BCUT2D eigenvalue weighted by Crippen LogP contribution is 2.28. The summed E-state index contributed by atoms with van der Waals surface area (Å²) in [6.07, 6.45) is 1.67. The number of tetrazole rings is 1. The number of hydrogen-bond acceptors (Lipinski definition) is 6. The molecular weight excluding hydrogens is 480 g/mol. The number of pyridine rings is 1. The van der Waals surface area contributed by atoms with Crippen LogP contribution in [0.1, 0.15) is 52.3 Å². The summed E-state index contributed by atoms with van der Waals surface area (Å²) in [6.45, 7) is 8.19. The first kappa shape index (κ1) is 25.0. The Morgan fingerprint density at radius 3 is 2.65 bits per heavy atom. The minimum atomic E-state index is -0.0455. The van der Waals surface area contributed by atoms with Crippen molar-refractivity contribution in [2.45, 2.75) is 59.3 Å². The minimum Gasteiger partial charge on any atom is -0.321 e. The fourth-order valence-electron chi connectivity index (χ4n) is 4.88. The highest BCUT2D eigenvalue weighted by Gasteiger charge is 2.26. The van der Waals surface area contributed by atoms with E-state index in [0.717, 1.165) is 40.7 Å². The summed E-state index contributed by atoms with van der Waals surface area (Å²) in [5, 5.41) is 16.0. The van der Waals surface area contributed by atoms with Crippen molar-refractivity contribution >= 4 is 22.2 Å². The SMILES string of the molecule is CCC(c1nnnn1CCc1ccccc1)N(Cc1cccs1)Cc1cc2ccc(C)c(C)c2[nH]c1=O. The summed E-state index contributed by atoms with van der Waals surface area (Å²) in [5.74, 6) is 0.832. The summed E-state index contributed by atoms with van der Waals surface area (Å²) in [4.78, 5) is 19.9. The number of rotatable bonds is 10. The van der Waals surface area contributed by atoms with E-state index in [4.69, 9.17) is 0 Å². The van der Waals surface area contributed by atoms with Gasteiger partial charge in [0, 0.05) is 30.1 Å². The number of aryl methyl sites for hydroxylation is 4. The van der Waals surface area contributed by atoms with E-state index in [1.807, 2.05) is 16.8 Å². The lowest BCUT2D eigenvalue weighted by atomic mass is 10.0. The van der Waals surface area contributed by atoms with Gasteiger partial charge in [-0.1, -0.05) is 55.5 Å². The lowest BCUT2D eigenvalue weighted by Crippen LogP contribution is -2.32. The van der Waals surface area contributed by atoms with Gasteiger partial charge in [0.2, 0.25) is 0 Å². The average molecular weight is 513 g/mol. The monoisotopic (exact) mass is 512 g/mol. The van der Waals surface area contributed by atoms with E-state index in [0.29, 0.717) is 19.6 Å². The molecule has 37 heavy (non-hydrogen) atoms. The third kappa shape index (κ3) is 5.55. The van der Waals surface area contributed by atoms with Gasteiger partial charge in [0.15, 0.2) is 5.82 Å². The Hall–Kier alpha value is -3.62. The Kier molecular flexibility index (Phi) is 7.58. The zero-order valence-electron chi connectivity index (χ0n) is 21.5. The Balaban J connectivity index is 1.47. The molecule has 0 amide bonds.